The van der Waals surface area contributed by atoms with Gasteiger partial charge in [-0.2, -0.15) is 4.79 Å². The Bertz CT molecular complexity index is 1260. The van der Waals surface area contributed by atoms with Gasteiger partial charge in [0, 0.05) is 48.3 Å². The van der Waals surface area contributed by atoms with Gasteiger partial charge in [0.05, 0.1) is 13.6 Å². The van der Waals surface area contributed by atoms with Crippen LogP contribution in [-0.4, -0.2) is 79.8 Å². The molecule has 4 aliphatic rings. The molecule has 11 nitrogen and oxygen atoms in total. The molecule has 4 aliphatic carbocycles. The van der Waals surface area contributed by atoms with Crippen LogP contribution in [-0.2, 0) is 28.6 Å². The van der Waals surface area contributed by atoms with Gasteiger partial charge >= 0.3 is 24.1 Å². The molecule has 0 spiro atoms. The van der Waals surface area contributed by atoms with E-state index in [1.165, 1.54) is 0 Å². The summed E-state index contributed by atoms with van der Waals surface area (Å²) in [4.78, 5) is 41.0. The molecule has 0 saturated heterocycles. The summed E-state index contributed by atoms with van der Waals surface area (Å²) in [5, 5.41) is 35.7. The second kappa shape index (κ2) is 10.8. The molecule has 0 aliphatic heterocycles. The summed E-state index contributed by atoms with van der Waals surface area (Å²) in [6.07, 6.45) is 2.31. The Balaban J connectivity index is 1.93. The first-order chi connectivity index (χ1) is 19.6. The minimum Gasteiger partial charge on any atom is -0.458 e. The number of aliphatic hydroxyl groups is 3. The number of rotatable bonds is 9. The van der Waals surface area contributed by atoms with Gasteiger partial charge in [-0.3, -0.25) is 9.59 Å². The summed E-state index contributed by atoms with van der Waals surface area (Å²) in [5.74, 6) is -5.53. The molecule has 226 valence electrons. The minimum atomic E-state index is -2.02. The number of esters is 3. The Labute approximate surface area is 241 Å². The van der Waals surface area contributed by atoms with Crippen molar-refractivity contribution < 1.29 is 50.1 Å². The molecule has 10 atom stereocenters. The molecule has 0 bridgehead atoms. The summed E-state index contributed by atoms with van der Waals surface area (Å²) in [6.45, 7) is 8.92. The fourth-order valence-electron chi connectivity index (χ4n) is 8.13. The highest BCUT2D eigenvalue weighted by atomic mass is 16.6. The van der Waals surface area contributed by atoms with Crippen molar-refractivity contribution in [3.05, 3.63) is 28.8 Å². The summed E-state index contributed by atoms with van der Waals surface area (Å²) in [7, 11) is 0. The normalized spacial score (nSPS) is 41.0. The lowest BCUT2D eigenvalue weighted by Crippen LogP contribution is -2.66. The van der Waals surface area contributed by atoms with E-state index in [0.717, 1.165) is 0 Å². The monoisotopic (exact) mass is 576 g/mol. The van der Waals surface area contributed by atoms with E-state index in [1.807, 2.05) is 27.7 Å². The van der Waals surface area contributed by atoms with Gasteiger partial charge in [-0.1, -0.05) is 46.8 Å². The Morgan fingerprint density at radius 3 is 2.37 bits per heavy atom. The average molecular weight is 577 g/mol. The smallest absolute Gasteiger partial charge is 0.414 e. The first-order valence-corrected chi connectivity index (χ1v) is 14.3. The summed E-state index contributed by atoms with van der Waals surface area (Å²) in [5.41, 5.74) is 3.30. The standard InChI is InChI=1S/C30H42N2O9/c1-7-9-21(34)39-26-17(4)29(38)19(24-27(5,6)30(24,26)41-22(35)10-8-2)12-18(15-33)13-28(37)20(29)11-16(3)25(28)40-23(36)14-32-31/h11-12,14,17,19-20,24-26,33,37-38H,7-10,13,15H2,1-6H3/t17-,19+,20-,24-,25+,26-,28-,29-,30-/m1/s1/i15T/t15?,17-,19+,20-,24-,25+,26-,28-,29-,30-. The van der Waals surface area contributed by atoms with Crippen LogP contribution in [0.25, 0.3) is 5.53 Å². The Hall–Kier alpha value is -2.85. The Morgan fingerprint density at radius 1 is 1.15 bits per heavy atom. The third-order valence-electron chi connectivity index (χ3n) is 9.89. The molecule has 11 heteroatoms. The van der Waals surface area contributed by atoms with Crippen molar-refractivity contribution in [2.24, 2.45) is 29.1 Å². The largest absolute Gasteiger partial charge is 0.458 e. The predicted molar refractivity (Wildman–Crippen MR) is 145 cm³/mol. The van der Waals surface area contributed by atoms with Crippen molar-refractivity contribution in [2.45, 2.75) is 103 Å². The van der Waals surface area contributed by atoms with E-state index >= 15 is 0 Å². The van der Waals surface area contributed by atoms with Gasteiger partial charge in [0.2, 0.25) is 0 Å². The van der Waals surface area contributed by atoms with Gasteiger partial charge in [0.25, 0.3) is 0 Å². The van der Waals surface area contributed by atoms with Crippen LogP contribution >= 0.6 is 0 Å². The topological polar surface area (TPSA) is 176 Å². The van der Waals surface area contributed by atoms with Crippen molar-refractivity contribution in [2.75, 3.05) is 6.58 Å². The average Bonchev–Trinajstić information content (AvgIpc) is 3.30. The van der Waals surface area contributed by atoms with Gasteiger partial charge in [-0.05, 0) is 30.9 Å². The zero-order chi connectivity index (χ0) is 31.4. The van der Waals surface area contributed by atoms with Crippen molar-refractivity contribution in [3.63, 3.8) is 0 Å². The summed E-state index contributed by atoms with van der Waals surface area (Å²) >= 11 is 0. The third kappa shape index (κ3) is 4.49. The Morgan fingerprint density at radius 2 is 1.78 bits per heavy atom. The van der Waals surface area contributed by atoms with Crippen molar-refractivity contribution >= 4 is 24.1 Å². The van der Waals surface area contributed by atoms with Gasteiger partial charge in [-0.15, -0.1) is 0 Å². The predicted octanol–water partition coefficient (Wildman–Crippen LogP) is 2.28. The maximum absolute atomic E-state index is 13.0. The van der Waals surface area contributed by atoms with Crippen LogP contribution in [0, 0.1) is 29.1 Å². The lowest BCUT2D eigenvalue weighted by Gasteiger charge is -2.53. The number of aliphatic hydroxyl groups excluding tert-OH is 1. The first-order valence-electron chi connectivity index (χ1n) is 14.9. The number of hydrogen-bond donors (Lipinski definition) is 3. The SMILES string of the molecule is [3H]C(O)C1=C[C@H]2[C@@H]3C(C)(C)[C@]3(OC(=O)CCC)[C@H](OC(=O)CCC)[C@@H](C)[C@]2(O)[C@@H]2C=C(C)[C@H](OC(=O)C=[N+]=[N-])[C@@]2(O)C1. The molecule has 41 heavy (non-hydrogen) atoms. The maximum Gasteiger partial charge on any atom is 0.414 e. The first kappa shape index (κ1) is 29.6. The quantitative estimate of drug-likeness (QED) is 0.0928. The fourth-order valence-corrected chi connectivity index (χ4v) is 8.13. The zero-order valence-electron chi connectivity index (χ0n) is 25.5. The van der Waals surface area contributed by atoms with Gasteiger partial charge in [0.1, 0.15) is 11.7 Å². The molecular weight excluding hydrogens is 532 g/mol. The van der Waals surface area contributed by atoms with Crippen LogP contribution in [0.3, 0.4) is 0 Å². The molecule has 0 aromatic heterocycles. The second-order valence-electron chi connectivity index (χ2n) is 12.6. The number of carbonyl (C=O) groups excluding carboxylic acids is 3. The maximum atomic E-state index is 13.0. The van der Waals surface area contributed by atoms with E-state index in [-0.39, 0.29) is 24.8 Å². The third-order valence-corrected chi connectivity index (χ3v) is 9.89. The minimum absolute atomic E-state index is 0.0912. The summed E-state index contributed by atoms with van der Waals surface area (Å²) < 4.78 is 25.9. The molecule has 0 aromatic carbocycles. The molecule has 0 heterocycles. The lowest BCUT2D eigenvalue weighted by atomic mass is 9.58. The molecule has 1 unspecified atom stereocenters. The summed E-state index contributed by atoms with van der Waals surface area (Å²) in [6, 6.07) is 0. The van der Waals surface area contributed by atoms with Crippen LogP contribution in [0.1, 0.15) is 75.0 Å². The van der Waals surface area contributed by atoms with Gasteiger partial charge in [-0.25, -0.2) is 4.79 Å². The molecule has 0 aromatic rings. The van der Waals surface area contributed by atoms with Crippen LogP contribution in [0.5, 0.6) is 0 Å². The van der Waals surface area contributed by atoms with Crippen molar-refractivity contribution in [1.29, 1.82) is 0 Å². The second-order valence-corrected chi connectivity index (χ2v) is 12.6. The number of carbonyl (C=O) groups is 3. The zero-order valence-corrected chi connectivity index (χ0v) is 24.5. The number of hydrogen-bond acceptors (Lipinski definition) is 9. The van der Waals surface area contributed by atoms with E-state index < -0.39 is 82.6 Å². The molecule has 3 N–H and O–H groups in total. The Kier molecular flexibility index (Phi) is 7.78. The number of ether oxygens (including phenoxy) is 3. The van der Waals surface area contributed by atoms with E-state index in [0.29, 0.717) is 24.6 Å². The molecule has 0 amide bonds. The highest BCUT2D eigenvalue weighted by Gasteiger charge is 2.88. The fraction of sp³-hybridized carbons (Fsp3) is 0.733. The van der Waals surface area contributed by atoms with Gasteiger partial charge in [0.15, 0.2) is 11.7 Å². The van der Waals surface area contributed by atoms with Crippen molar-refractivity contribution in [3.8, 4) is 0 Å². The van der Waals surface area contributed by atoms with E-state index in [9.17, 15) is 29.7 Å². The van der Waals surface area contributed by atoms with E-state index in [1.54, 1.807) is 26.0 Å². The van der Waals surface area contributed by atoms with Gasteiger partial charge < -0.3 is 35.1 Å². The van der Waals surface area contributed by atoms with Crippen LogP contribution in [0.15, 0.2) is 23.3 Å². The lowest BCUT2D eigenvalue weighted by molar-refractivity contribution is -0.236. The number of nitrogens with zero attached hydrogens (tertiary/aromatic N) is 2. The van der Waals surface area contributed by atoms with Crippen LogP contribution in [0.4, 0.5) is 0 Å². The van der Waals surface area contributed by atoms with Crippen LogP contribution in [0.2, 0.25) is 0 Å². The number of fused-ring (bicyclic) bond motifs is 5. The molecular formula is C30H42N2O9. The highest BCUT2D eigenvalue weighted by Crippen LogP contribution is 2.77. The molecule has 2 saturated carbocycles. The molecule has 0 radical (unpaired) electrons. The molecule has 2 fully saturated rings. The van der Waals surface area contributed by atoms with E-state index in [2.05, 4.69) is 4.79 Å². The molecule has 4 rings (SSSR count). The van der Waals surface area contributed by atoms with Crippen LogP contribution < -0.4 is 0 Å². The van der Waals surface area contributed by atoms with Crippen molar-refractivity contribution in [1.82, 2.24) is 0 Å². The van der Waals surface area contributed by atoms with E-state index in [4.69, 9.17) is 21.1 Å². The highest BCUT2D eigenvalue weighted by molar-refractivity contribution is 6.20.